The van der Waals surface area contributed by atoms with Crippen LogP contribution in [0, 0.1) is 0 Å². The highest BCUT2D eigenvalue weighted by atomic mass is 16.6. The maximum Gasteiger partial charge on any atom is 0.410 e. The quantitative estimate of drug-likeness (QED) is 0.819. The van der Waals surface area contributed by atoms with Crippen molar-refractivity contribution in [2.75, 3.05) is 39.8 Å². The number of ether oxygens (including phenoxy) is 1. The second kappa shape index (κ2) is 9.36. The number of amides is 1. The van der Waals surface area contributed by atoms with E-state index >= 15 is 0 Å². The molecular formula is C17H35N3O2. The first-order chi connectivity index (χ1) is 10.3. The summed E-state index contributed by atoms with van der Waals surface area (Å²) in [6, 6.07) is 0.578. The minimum Gasteiger partial charge on any atom is -0.444 e. The Morgan fingerprint density at radius 2 is 2.05 bits per heavy atom. The van der Waals surface area contributed by atoms with Crippen molar-refractivity contribution >= 4 is 6.09 Å². The summed E-state index contributed by atoms with van der Waals surface area (Å²) in [5.74, 6) is 0. The smallest absolute Gasteiger partial charge is 0.410 e. The largest absolute Gasteiger partial charge is 0.444 e. The molecule has 0 radical (unpaired) electrons. The molecule has 1 atom stereocenters. The van der Waals surface area contributed by atoms with Crippen LogP contribution in [-0.2, 0) is 4.74 Å². The lowest BCUT2D eigenvalue weighted by molar-refractivity contribution is 0.0299. The van der Waals surface area contributed by atoms with Crippen molar-refractivity contribution in [1.29, 1.82) is 0 Å². The third kappa shape index (κ3) is 7.99. The van der Waals surface area contributed by atoms with Gasteiger partial charge in [-0.2, -0.15) is 0 Å². The van der Waals surface area contributed by atoms with E-state index in [1.165, 1.54) is 45.3 Å². The average Bonchev–Trinajstić information content (AvgIpc) is 2.63. The summed E-state index contributed by atoms with van der Waals surface area (Å²) >= 11 is 0. The lowest BCUT2D eigenvalue weighted by Crippen LogP contribution is -2.40. The van der Waals surface area contributed by atoms with E-state index in [2.05, 4.69) is 17.1 Å². The number of likely N-dealkylation sites (tertiary alicyclic amines) is 1. The summed E-state index contributed by atoms with van der Waals surface area (Å²) < 4.78 is 5.36. The number of hydrogen-bond acceptors (Lipinski definition) is 4. The van der Waals surface area contributed by atoms with Crippen molar-refractivity contribution < 1.29 is 9.53 Å². The van der Waals surface area contributed by atoms with E-state index in [0.717, 1.165) is 6.54 Å². The Morgan fingerprint density at radius 1 is 1.32 bits per heavy atom. The predicted molar refractivity (Wildman–Crippen MR) is 91.2 cm³/mol. The van der Waals surface area contributed by atoms with Crippen LogP contribution >= 0.6 is 0 Å². The SMILES string of the molecule is CCCN1CCCC(NCCN(C)C(=O)OC(C)(C)C)CC1. The molecule has 1 heterocycles. The van der Waals surface area contributed by atoms with Crippen molar-refractivity contribution in [1.82, 2.24) is 15.1 Å². The van der Waals surface area contributed by atoms with Gasteiger partial charge in [-0.15, -0.1) is 0 Å². The average molecular weight is 313 g/mol. The van der Waals surface area contributed by atoms with Gasteiger partial charge in [0.1, 0.15) is 5.60 Å². The van der Waals surface area contributed by atoms with Crippen LogP contribution in [0.4, 0.5) is 4.79 Å². The van der Waals surface area contributed by atoms with E-state index < -0.39 is 5.60 Å². The maximum absolute atomic E-state index is 11.9. The van der Waals surface area contributed by atoms with Gasteiger partial charge in [-0.05, 0) is 66.1 Å². The van der Waals surface area contributed by atoms with Crippen LogP contribution in [0.3, 0.4) is 0 Å². The van der Waals surface area contributed by atoms with Gasteiger partial charge < -0.3 is 19.9 Å². The minimum atomic E-state index is -0.428. The van der Waals surface area contributed by atoms with Gasteiger partial charge in [0, 0.05) is 26.2 Å². The van der Waals surface area contributed by atoms with Crippen molar-refractivity contribution in [3.63, 3.8) is 0 Å². The van der Waals surface area contributed by atoms with Gasteiger partial charge in [-0.1, -0.05) is 6.92 Å². The fraction of sp³-hybridized carbons (Fsp3) is 0.941. The molecule has 0 aromatic heterocycles. The Hall–Kier alpha value is -0.810. The molecule has 1 aliphatic rings. The normalized spacial score (nSPS) is 20.5. The first-order valence-corrected chi connectivity index (χ1v) is 8.71. The molecule has 1 unspecified atom stereocenters. The van der Waals surface area contributed by atoms with E-state index in [0.29, 0.717) is 12.6 Å². The second-order valence-corrected chi connectivity index (χ2v) is 7.33. The number of likely N-dealkylation sites (N-methyl/N-ethyl adjacent to an activating group) is 1. The van der Waals surface area contributed by atoms with E-state index in [1.807, 2.05) is 20.8 Å². The zero-order valence-electron chi connectivity index (χ0n) is 15.2. The summed E-state index contributed by atoms with van der Waals surface area (Å²) in [6.07, 6.45) is 4.69. The molecule has 1 rings (SSSR count). The Kier molecular flexibility index (Phi) is 8.18. The lowest BCUT2D eigenvalue weighted by atomic mass is 10.1. The van der Waals surface area contributed by atoms with Crippen LogP contribution in [-0.4, -0.2) is 67.3 Å². The number of carbonyl (C=O) groups is 1. The van der Waals surface area contributed by atoms with Crippen LogP contribution in [0.2, 0.25) is 0 Å². The van der Waals surface area contributed by atoms with Crippen LogP contribution < -0.4 is 5.32 Å². The molecule has 1 amide bonds. The van der Waals surface area contributed by atoms with Crippen LogP contribution in [0.15, 0.2) is 0 Å². The summed E-state index contributed by atoms with van der Waals surface area (Å²) in [7, 11) is 1.80. The number of nitrogens with zero attached hydrogens (tertiary/aromatic N) is 2. The Bertz CT molecular complexity index is 328. The molecule has 5 heteroatoms. The maximum atomic E-state index is 11.9. The molecule has 0 saturated carbocycles. The molecule has 130 valence electrons. The molecule has 1 saturated heterocycles. The highest BCUT2D eigenvalue weighted by Gasteiger charge is 2.20. The number of carbonyl (C=O) groups excluding carboxylic acids is 1. The zero-order valence-corrected chi connectivity index (χ0v) is 15.2. The molecular weight excluding hydrogens is 278 g/mol. The highest BCUT2D eigenvalue weighted by molar-refractivity contribution is 5.67. The summed E-state index contributed by atoms with van der Waals surface area (Å²) in [4.78, 5) is 16.1. The van der Waals surface area contributed by atoms with Crippen LogP contribution in [0.1, 0.15) is 53.4 Å². The van der Waals surface area contributed by atoms with Gasteiger partial charge >= 0.3 is 6.09 Å². The van der Waals surface area contributed by atoms with Crippen molar-refractivity contribution in [3.05, 3.63) is 0 Å². The number of rotatable bonds is 6. The van der Waals surface area contributed by atoms with E-state index in [-0.39, 0.29) is 6.09 Å². The Morgan fingerprint density at radius 3 is 2.68 bits per heavy atom. The summed E-state index contributed by atoms with van der Waals surface area (Å²) in [5.41, 5.74) is -0.428. The van der Waals surface area contributed by atoms with Gasteiger partial charge in [0.25, 0.3) is 0 Å². The molecule has 0 bridgehead atoms. The third-order valence-electron chi connectivity index (χ3n) is 3.95. The predicted octanol–water partition coefficient (Wildman–Crippen LogP) is 2.71. The molecule has 0 aromatic carbocycles. The van der Waals surface area contributed by atoms with E-state index in [4.69, 9.17) is 4.74 Å². The fourth-order valence-corrected chi connectivity index (χ4v) is 2.77. The van der Waals surface area contributed by atoms with Crippen LogP contribution in [0.25, 0.3) is 0 Å². The van der Waals surface area contributed by atoms with Crippen molar-refractivity contribution in [2.45, 2.75) is 65.0 Å². The third-order valence-corrected chi connectivity index (χ3v) is 3.95. The number of hydrogen-bond donors (Lipinski definition) is 1. The summed E-state index contributed by atoms with van der Waals surface area (Å²) in [5, 5.41) is 3.60. The van der Waals surface area contributed by atoms with Crippen molar-refractivity contribution in [2.24, 2.45) is 0 Å². The molecule has 0 aliphatic carbocycles. The molecule has 1 aliphatic heterocycles. The monoisotopic (exact) mass is 313 g/mol. The highest BCUT2D eigenvalue weighted by Crippen LogP contribution is 2.11. The fourth-order valence-electron chi connectivity index (χ4n) is 2.77. The first-order valence-electron chi connectivity index (χ1n) is 8.71. The topological polar surface area (TPSA) is 44.8 Å². The van der Waals surface area contributed by atoms with E-state index in [1.54, 1.807) is 11.9 Å². The van der Waals surface area contributed by atoms with Gasteiger partial charge in [0.15, 0.2) is 0 Å². The van der Waals surface area contributed by atoms with E-state index in [9.17, 15) is 4.79 Å². The molecule has 5 nitrogen and oxygen atoms in total. The number of nitrogens with one attached hydrogen (secondary N) is 1. The molecule has 1 fully saturated rings. The minimum absolute atomic E-state index is 0.246. The standard InChI is InChI=1S/C17H35N3O2/c1-6-11-20-12-7-8-15(9-13-20)18-10-14-19(5)16(21)22-17(2,3)4/h15,18H,6-14H2,1-5H3. The molecule has 0 spiro atoms. The van der Waals surface area contributed by atoms with Gasteiger partial charge in [0.05, 0.1) is 0 Å². The Labute approximate surface area is 136 Å². The van der Waals surface area contributed by atoms with Gasteiger partial charge in [-0.3, -0.25) is 0 Å². The molecule has 1 N–H and O–H groups in total. The van der Waals surface area contributed by atoms with Gasteiger partial charge in [-0.25, -0.2) is 4.79 Å². The van der Waals surface area contributed by atoms with Crippen LogP contribution in [0.5, 0.6) is 0 Å². The second-order valence-electron chi connectivity index (χ2n) is 7.33. The summed E-state index contributed by atoms with van der Waals surface area (Å²) in [6.45, 7) is 13.1. The lowest BCUT2D eigenvalue weighted by Gasteiger charge is -2.25. The Balaban J connectivity index is 2.22. The molecule has 0 aromatic rings. The van der Waals surface area contributed by atoms with Crippen molar-refractivity contribution in [3.8, 4) is 0 Å². The van der Waals surface area contributed by atoms with Gasteiger partial charge in [0.2, 0.25) is 0 Å². The zero-order chi connectivity index (χ0) is 16.6. The molecule has 22 heavy (non-hydrogen) atoms. The first kappa shape index (κ1) is 19.2.